The Labute approximate surface area is 160 Å². The number of ether oxygens (including phenoxy) is 1. The molecule has 0 unspecified atom stereocenters. The third-order valence-electron chi connectivity index (χ3n) is 5.41. The number of para-hydroxylation sites is 1. The number of nitrogens with zero attached hydrogens (tertiary/aromatic N) is 2. The van der Waals surface area contributed by atoms with Gasteiger partial charge in [0.1, 0.15) is 0 Å². The van der Waals surface area contributed by atoms with E-state index in [4.69, 9.17) is 4.74 Å². The number of carbonyl (C=O) groups excluding carboxylic acids is 1. The number of benzene rings is 2. The molecular formula is C22H27N3O2. The van der Waals surface area contributed by atoms with Crippen molar-refractivity contribution >= 4 is 17.3 Å². The molecule has 0 saturated carbocycles. The Morgan fingerprint density at radius 3 is 2.63 bits per heavy atom. The van der Waals surface area contributed by atoms with Gasteiger partial charge >= 0.3 is 0 Å². The first-order valence-electron chi connectivity index (χ1n) is 9.72. The normalized spacial score (nSPS) is 19.7. The van der Waals surface area contributed by atoms with E-state index < -0.39 is 0 Å². The average molecular weight is 365 g/mol. The number of carbonyl (C=O) groups is 1. The zero-order chi connectivity index (χ0) is 18.6. The fourth-order valence-corrected chi connectivity index (χ4v) is 3.94. The molecule has 5 nitrogen and oxygen atoms in total. The van der Waals surface area contributed by atoms with Gasteiger partial charge in [0.05, 0.1) is 19.8 Å². The molecule has 0 spiro atoms. The van der Waals surface area contributed by atoms with Crippen molar-refractivity contribution in [2.45, 2.75) is 25.9 Å². The zero-order valence-electron chi connectivity index (χ0n) is 15.9. The van der Waals surface area contributed by atoms with Crippen LogP contribution in [0, 0.1) is 0 Å². The molecule has 4 rings (SSSR count). The van der Waals surface area contributed by atoms with Gasteiger partial charge in [0.15, 0.2) is 0 Å². The Hall–Kier alpha value is -2.37. The minimum absolute atomic E-state index is 0.0273. The van der Waals surface area contributed by atoms with Crippen molar-refractivity contribution in [1.82, 2.24) is 4.90 Å². The van der Waals surface area contributed by atoms with Gasteiger partial charge in [0.25, 0.3) is 0 Å². The van der Waals surface area contributed by atoms with Gasteiger partial charge < -0.3 is 15.0 Å². The van der Waals surface area contributed by atoms with Crippen LogP contribution in [0.15, 0.2) is 48.5 Å². The van der Waals surface area contributed by atoms with E-state index in [1.807, 2.05) is 18.2 Å². The molecule has 0 aliphatic carbocycles. The lowest BCUT2D eigenvalue weighted by atomic mass is 10.1. The molecule has 2 aromatic rings. The molecule has 1 amide bonds. The lowest BCUT2D eigenvalue weighted by molar-refractivity contribution is -0.115. The predicted octanol–water partition coefficient (Wildman–Crippen LogP) is 2.91. The summed E-state index contributed by atoms with van der Waals surface area (Å²) in [6.07, 6.45) is 1.000. The summed E-state index contributed by atoms with van der Waals surface area (Å²) >= 11 is 0. The van der Waals surface area contributed by atoms with Gasteiger partial charge in [-0.3, -0.25) is 9.69 Å². The van der Waals surface area contributed by atoms with Crippen LogP contribution in [0.25, 0.3) is 0 Å². The summed E-state index contributed by atoms with van der Waals surface area (Å²) in [5, 5.41) is 3.04. The summed E-state index contributed by atoms with van der Waals surface area (Å²) < 4.78 is 5.39. The second kappa shape index (κ2) is 8.11. The maximum absolute atomic E-state index is 12.6. The van der Waals surface area contributed by atoms with Crippen LogP contribution in [0.4, 0.5) is 11.4 Å². The van der Waals surface area contributed by atoms with Gasteiger partial charge in [0.2, 0.25) is 5.91 Å². The van der Waals surface area contributed by atoms with Gasteiger partial charge in [-0.1, -0.05) is 30.3 Å². The summed E-state index contributed by atoms with van der Waals surface area (Å²) in [6.45, 7) is 7.07. The standard InChI is InChI=1S/C22H27N3O2/c1-17-14-19-4-2-3-5-21(19)25(17)16-22(26)23-20-8-6-18(7-9-20)15-24-10-12-27-13-11-24/h2-9,17H,10-16H2,1H3,(H,23,26)/t17-/m0/s1. The maximum Gasteiger partial charge on any atom is 0.243 e. The van der Waals surface area contributed by atoms with E-state index in [-0.39, 0.29) is 5.91 Å². The minimum Gasteiger partial charge on any atom is -0.379 e. The number of amides is 1. The first-order valence-corrected chi connectivity index (χ1v) is 9.72. The van der Waals surface area contributed by atoms with Crippen molar-refractivity contribution in [1.29, 1.82) is 0 Å². The highest BCUT2D eigenvalue weighted by atomic mass is 16.5. The Morgan fingerprint density at radius 1 is 1.11 bits per heavy atom. The largest absolute Gasteiger partial charge is 0.379 e. The molecular weight excluding hydrogens is 338 g/mol. The molecule has 2 aliphatic rings. The molecule has 5 heteroatoms. The quantitative estimate of drug-likeness (QED) is 0.885. The fraction of sp³-hybridized carbons (Fsp3) is 0.409. The van der Waals surface area contributed by atoms with Crippen molar-refractivity contribution in [3.63, 3.8) is 0 Å². The van der Waals surface area contributed by atoms with Crippen LogP contribution < -0.4 is 10.2 Å². The first kappa shape index (κ1) is 18.0. The van der Waals surface area contributed by atoms with Crippen LogP contribution in [0.5, 0.6) is 0 Å². The lowest BCUT2D eigenvalue weighted by Gasteiger charge is -2.26. The van der Waals surface area contributed by atoms with Gasteiger partial charge in [-0.15, -0.1) is 0 Å². The van der Waals surface area contributed by atoms with Crippen molar-refractivity contribution in [2.75, 3.05) is 43.1 Å². The van der Waals surface area contributed by atoms with Crippen LogP contribution in [0.1, 0.15) is 18.1 Å². The summed E-state index contributed by atoms with van der Waals surface area (Å²) in [6, 6.07) is 16.9. The van der Waals surface area contributed by atoms with Crippen molar-refractivity contribution < 1.29 is 9.53 Å². The fourth-order valence-electron chi connectivity index (χ4n) is 3.94. The minimum atomic E-state index is 0.0273. The van der Waals surface area contributed by atoms with Gasteiger partial charge in [0, 0.05) is 37.1 Å². The Bertz CT molecular complexity index is 784. The highest BCUT2D eigenvalue weighted by Crippen LogP contribution is 2.31. The third-order valence-corrected chi connectivity index (χ3v) is 5.41. The van der Waals surface area contributed by atoms with Crippen LogP contribution in [0.3, 0.4) is 0 Å². The number of rotatable bonds is 5. The molecule has 0 radical (unpaired) electrons. The SMILES string of the molecule is C[C@H]1Cc2ccccc2N1CC(=O)Nc1ccc(CN2CCOCC2)cc1. The van der Waals surface area contributed by atoms with Crippen molar-refractivity contribution in [3.8, 4) is 0 Å². The van der Waals surface area contributed by atoms with Crippen molar-refractivity contribution in [3.05, 3.63) is 59.7 Å². The highest BCUT2D eigenvalue weighted by Gasteiger charge is 2.26. The van der Waals surface area contributed by atoms with E-state index in [1.54, 1.807) is 0 Å². The molecule has 142 valence electrons. The third kappa shape index (κ3) is 4.31. The first-order chi connectivity index (χ1) is 13.2. The highest BCUT2D eigenvalue weighted by molar-refractivity contribution is 5.94. The lowest BCUT2D eigenvalue weighted by Crippen LogP contribution is -2.37. The Balaban J connectivity index is 1.33. The number of hydrogen-bond donors (Lipinski definition) is 1. The van der Waals surface area contributed by atoms with Crippen molar-refractivity contribution in [2.24, 2.45) is 0 Å². The Kier molecular flexibility index (Phi) is 5.41. The molecule has 1 atom stereocenters. The van der Waals surface area contributed by atoms with Crippen LogP contribution in [-0.4, -0.2) is 49.7 Å². The number of anilines is 2. The van der Waals surface area contributed by atoms with Gasteiger partial charge in [-0.05, 0) is 42.7 Å². The molecule has 2 aliphatic heterocycles. The predicted molar refractivity (Wildman–Crippen MR) is 108 cm³/mol. The topological polar surface area (TPSA) is 44.8 Å². The molecule has 1 fully saturated rings. The second-order valence-corrected chi connectivity index (χ2v) is 7.44. The van der Waals surface area contributed by atoms with Gasteiger partial charge in [-0.2, -0.15) is 0 Å². The maximum atomic E-state index is 12.6. The van der Waals surface area contributed by atoms with E-state index in [0.717, 1.165) is 45.0 Å². The monoisotopic (exact) mass is 365 g/mol. The second-order valence-electron chi connectivity index (χ2n) is 7.44. The summed E-state index contributed by atoms with van der Waals surface area (Å²) in [4.78, 5) is 17.1. The van der Waals surface area contributed by atoms with Crippen LogP contribution in [0.2, 0.25) is 0 Å². The molecule has 27 heavy (non-hydrogen) atoms. The Morgan fingerprint density at radius 2 is 1.85 bits per heavy atom. The molecule has 0 bridgehead atoms. The van der Waals surface area contributed by atoms with E-state index in [9.17, 15) is 4.79 Å². The smallest absolute Gasteiger partial charge is 0.243 e. The zero-order valence-corrected chi connectivity index (χ0v) is 15.9. The molecule has 1 saturated heterocycles. The van der Waals surface area contributed by atoms with E-state index in [0.29, 0.717) is 12.6 Å². The summed E-state index contributed by atoms with van der Waals surface area (Å²) in [5.41, 5.74) is 4.62. The molecule has 1 N–H and O–H groups in total. The number of fused-ring (bicyclic) bond motifs is 1. The summed E-state index contributed by atoms with van der Waals surface area (Å²) in [5.74, 6) is 0.0273. The van der Waals surface area contributed by atoms with Crippen LogP contribution in [-0.2, 0) is 22.5 Å². The van der Waals surface area contributed by atoms with E-state index >= 15 is 0 Å². The van der Waals surface area contributed by atoms with E-state index in [1.165, 1.54) is 16.8 Å². The average Bonchev–Trinajstić information content (AvgIpc) is 2.99. The van der Waals surface area contributed by atoms with E-state index in [2.05, 4.69) is 52.4 Å². The summed E-state index contributed by atoms with van der Waals surface area (Å²) in [7, 11) is 0. The molecule has 2 aromatic carbocycles. The number of nitrogens with one attached hydrogen (secondary N) is 1. The van der Waals surface area contributed by atoms with Gasteiger partial charge in [-0.25, -0.2) is 0 Å². The number of morpholine rings is 1. The molecule has 0 aromatic heterocycles. The van der Waals surface area contributed by atoms with Crippen LogP contribution >= 0.6 is 0 Å². The molecule has 2 heterocycles. The number of hydrogen-bond acceptors (Lipinski definition) is 4.